The monoisotopic (exact) mass is 330 g/mol. The fourth-order valence-corrected chi connectivity index (χ4v) is 5.08. The number of amides is 2. The Bertz CT molecular complexity index is 470. The lowest BCUT2D eigenvalue weighted by atomic mass is 9.80. The van der Waals surface area contributed by atoms with Gasteiger partial charge in [0.1, 0.15) is 0 Å². The molecule has 1 aliphatic heterocycles. The summed E-state index contributed by atoms with van der Waals surface area (Å²) in [7, 11) is -2.97. The lowest BCUT2D eigenvalue weighted by Crippen LogP contribution is -2.48. The minimum Gasteiger partial charge on any atom is -0.338 e. The minimum absolute atomic E-state index is 0.0230. The van der Waals surface area contributed by atoms with Gasteiger partial charge >= 0.3 is 6.03 Å². The number of likely N-dealkylation sites (tertiary alicyclic amines) is 1. The number of sulfone groups is 1. The summed E-state index contributed by atoms with van der Waals surface area (Å²) in [6, 6.07) is -0.0230. The fourth-order valence-electron chi connectivity index (χ4n) is 3.68. The first-order chi connectivity index (χ1) is 10.4. The Morgan fingerprint density at radius 1 is 1.14 bits per heavy atom. The Kier molecular flexibility index (Phi) is 6.12. The SMILES string of the molecule is CCS(=O)(=O)C1CCN(C(=O)NCC2CCCCC2C)CC1. The minimum atomic E-state index is -2.97. The number of nitrogens with zero attached hydrogens (tertiary/aromatic N) is 1. The van der Waals surface area contributed by atoms with Crippen LogP contribution in [-0.2, 0) is 9.84 Å². The predicted octanol–water partition coefficient (Wildman–Crippen LogP) is 2.42. The summed E-state index contributed by atoms with van der Waals surface area (Å²) in [4.78, 5) is 14.0. The smallest absolute Gasteiger partial charge is 0.317 e. The van der Waals surface area contributed by atoms with Gasteiger partial charge < -0.3 is 10.2 Å². The topological polar surface area (TPSA) is 66.5 Å². The van der Waals surface area contributed by atoms with E-state index in [4.69, 9.17) is 0 Å². The van der Waals surface area contributed by atoms with Gasteiger partial charge in [-0.1, -0.05) is 33.1 Å². The molecule has 2 rings (SSSR count). The first-order valence-electron chi connectivity index (χ1n) is 8.68. The molecule has 6 heteroatoms. The molecule has 0 radical (unpaired) electrons. The van der Waals surface area contributed by atoms with Crippen molar-refractivity contribution in [1.29, 1.82) is 0 Å². The molecular formula is C16H30N2O3S. The summed E-state index contributed by atoms with van der Waals surface area (Å²) in [6.45, 7) is 5.83. The first kappa shape index (κ1) is 17.6. The molecule has 1 aliphatic carbocycles. The molecule has 0 aromatic carbocycles. The van der Waals surface area contributed by atoms with Crippen LogP contribution in [0.25, 0.3) is 0 Å². The number of nitrogens with one attached hydrogen (secondary N) is 1. The predicted molar refractivity (Wildman–Crippen MR) is 88.6 cm³/mol. The molecular weight excluding hydrogens is 300 g/mol. The first-order valence-corrected chi connectivity index (χ1v) is 10.4. The Morgan fingerprint density at radius 3 is 2.36 bits per heavy atom. The number of urea groups is 1. The van der Waals surface area contributed by atoms with E-state index < -0.39 is 9.84 Å². The van der Waals surface area contributed by atoms with E-state index in [2.05, 4.69) is 12.2 Å². The molecule has 5 nitrogen and oxygen atoms in total. The molecule has 2 fully saturated rings. The summed E-state index contributed by atoms with van der Waals surface area (Å²) < 4.78 is 23.8. The second kappa shape index (κ2) is 7.66. The van der Waals surface area contributed by atoms with Crippen LogP contribution < -0.4 is 5.32 Å². The quantitative estimate of drug-likeness (QED) is 0.861. The van der Waals surface area contributed by atoms with Gasteiger partial charge in [0.05, 0.1) is 5.25 Å². The molecule has 2 amide bonds. The van der Waals surface area contributed by atoms with Crippen molar-refractivity contribution in [3.63, 3.8) is 0 Å². The molecule has 0 spiro atoms. The Morgan fingerprint density at radius 2 is 1.77 bits per heavy atom. The van der Waals surface area contributed by atoms with Crippen LogP contribution in [0, 0.1) is 11.8 Å². The van der Waals surface area contributed by atoms with Crippen LogP contribution in [0.5, 0.6) is 0 Å². The van der Waals surface area contributed by atoms with Crippen molar-refractivity contribution in [3.05, 3.63) is 0 Å². The summed E-state index contributed by atoms with van der Waals surface area (Å²) in [5.74, 6) is 1.48. The highest BCUT2D eigenvalue weighted by Gasteiger charge is 2.30. The molecule has 0 aromatic rings. The second-order valence-corrected chi connectivity index (χ2v) is 9.42. The molecule has 2 atom stereocenters. The summed E-state index contributed by atoms with van der Waals surface area (Å²) in [5.41, 5.74) is 0. The van der Waals surface area contributed by atoms with Crippen molar-refractivity contribution in [2.75, 3.05) is 25.4 Å². The third-order valence-corrected chi connectivity index (χ3v) is 7.74. The number of hydrogen-bond acceptors (Lipinski definition) is 3. The number of piperidine rings is 1. The van der Waals surface area contributed by atoms with E-state index >= 15 is 0 Å². The molecule has 2 aliphatic rings. The highest BCUT2D eigenvalue weighted by atomic mass is 32.2. The maximum atomic E-state index is 12.2. The highest BCUT2D eigenvalue weighted by molar-refractivity contribution is 7.92. The van der Waals surface area contributed by atoms with Gasteiger partial charge in [0.25, 0.3) is 0 Å². The van der Waals surface area contributed by atoms with Crippen molar-refractivity contribution in [1.82, 2.24) is 10.2 Å². The van der Waals surface area contributed by atoms with Gasteiger partial charge in [-0.3, -0.25) is 0 Å². The second-order valence-electron chi connectivity index (χ2n) is 6.85. The summed E-state index contributed by atoms with van der Waals surface area (Å²) in [6.07, 6.45) is 6.20. The van der Waals surface area contributed by atoms with E-state index in [1.54, 1.807) is 11.8 Å². The van der Waals surface area contributed by atoms with Gasteiger partial charge in [-0.15, -0.1) is 0 Å². The van der Waals surface area contributed by atoms with Gasteiger partial charge in [-0.2, -0.15) is 0 Å². The van der Waals surface area contributed by atoms with E-state index in [0.29, 0.717) is 37.8 Å². The zero-order valence-corrected chi connectivity index (χ0v) is 14.7. The van der Waals surface area contributed by atoms with E-state index in [-0.39, 0.29) is 17.0 Å². The average Bonchev–Trinajstić information content (AvgIpc) is 2.54. The van der Waals surface area contributed by atoms with Crippen LogP contribution in [0.3, 0.4) is 0 Å². The van der Waals surface area contributed by atoms with Crippen molar-refractivity contribution in [2.45, 2.75) is 57.6 Å². The normalized spacial score (nSPS) is 27.6. The van der Waals surface area contributed by atoms with Crippen LogP contribution in [0.4, 0.5) is 4.79 Å². The number of hydrogen-bond donors (Lipinski definition) is 1. The molecule has 2 unspecified atom stereocenters. The largest absolute Gasteiger partial charge is 0.338 e. The summed E-state index contributed by atoms with van der Waals surface area (Å²) in [5, 5.41) is 2.79. The summed E-state index contributed by atoms with van der Waals surface area (Å²) >= 11 is 0. The molecule has 1 saturated heterocycles. The fraction of sp³-hybridized carbons (Fsp3) is 0.938. The molecule has 0 bridgehead atoms. The lowest BCUT2D eigenvalue weighted by molar-refractivity contribution is 0.178. The number of rotatable bonds is 4. The van der Waals surface area contributed by atoms with Gasteiger partial charge in [0.15, 0.2) is 9.84 Å². The molecule has 0 aromatic heterocycles. The zero-order valence-electron chi connectivity index (χ0n) is 13.9. The Labute approximate surface area is 134 Å². The third-order valence-electron chi connectivity index (χ3n) is 5.44. The van der Waals surface area contributed by atoms with Crippen LogP contribution in [0.2, 0.25) is 0 Å². The maximum Gasteiger partial charge on any atom is 0.317 e. The van der Waals surface area contributed by atoms with Gasteiger partial charge in [0.2, 0.25) is 0 Å². The van der Waals surface area contributed by atoms with Crippen LogP contribution >= 0.6 is 0 Å². The lowest BCUT2D eigenvalue weighted by Gasteiger charge is -2.33. The van der Waals surface area contributed by atoms with Crippen molar-refractivity contribution in [3.8, 4) is 0 Å². The maximum absolute atomic E-state index is 12.2. The standard InChI is InChI=1S/C16H30N2O3S/c1-3-22(20,21)15-8-10-18(11-9-15)16(19)17-12-14-7-5-4-6-13(14)2/h13-15H,3-12H2,1-2H3,(H,17,19). The Hall–Kier alpha value is -0.780. The molecule has 128 valence electrons. The highest BCUT2D eigenvalue weighted by Crippen LogP contribution is 2.29. The van der Waals surface area contributed by atoms with Crippen LogP contribution in [0.15, 0.2) is 0 Å². The van der Waals surface area contributed by atoms with E-state index in [1.807, 2.05) is 0 Å². The number of carbonyl (C=O) groups excluding carboxylic acids is 1. The van der Waals surface area contributed by atoms with Gasteiger partial charge in [-0.05, 0) is 31.1 Å². The van der Waals surface area contributed by atoms with E-state index in [1.165, 1.54) is 25.7 Å². The van der Waals surface area contributed by atoms with Crippen molar-refractivity contribution < 1.29 is 13.2 Å². The van der Waals surface area contributed by atoms with E-state index in [0.717, 1.165) is 6.54 Å². The van der Waals surface area contributed by atoms with Crippen molar-refractivity contribution >= 4 is 15.9 Å². The number of carbonyl (C=O) groups is 1. The van der Waals surface area contributed by atoms with Gasteiger partial charge in [-0.25, -0.2) is 13.2 Å². The van der Waals surface area contributed by atoms with Crippen molar-refractivity contribution in [2.24, 2.45) is 11.8 Å². The third kappa shape index (κ3) is 4.37. The van der Waals surface area contributed by atoms with E-state index in [9.17, 15) is 13.2 Å². The van der Waals surface area contributed by atoms with Crippen LogP contribution in [-0.4, -0.2) is 50.0 Å². The molecule has 1 heterocycles. The molecule has 1 saturated carbocycles. The Balaban J connectivity index is 1.75. The van der Waals surface area contributed by atoms with Gasteiger partial charge in [0, 0.05) is 25.4 Å². The average molecular weight is 330 g/mol. The zero-order chi connectivity index (χ0) is 16.2. The van der Waals surface area contributed by atoms with Crippen LogP contribution in [0.1, 0.15) is 52.4 Å². The molecule has 22 heavy (non-hydrogen) atoms. The molecule has 1 N–H and O–H groups in total.